The van der Waals surface area contributed by atoms with Gasteiger partial charge in [-0.15, -0.1) is 23.1 Å². The summed E-state index contributed by atoms with van der Waals surface area (Å²) in [6.07, 6.45) is 1.04. The van der Waals surface area contributed by atoms with Crippen LogP contribution in [0.3, 0.4) is 0 Å². The summed E-state index contributed by atoms with van der Waals surface area (Å²) in [5.41, 5.74) is 2.55. The smallest absolute Gasteiger partial charge is 0.0925 e. The van der Waals surface area contributed by atoms with Gasteiger partial charge in [-0.2, -0.15) is 0 Å². The van der Waals surface area contributed by atoms with E-state index < -0.39 is 0 Å². The molecular weight excluding hydrogens is 296 g/mol. The molecule has 1 aromatic heterocycles. The third kappa shape index (κ3) is 5.81. The van der Waals surface area contributed by atoms with Crippen LogP contribution in [0.1, 0.15) is 37.0 Å². The molecule has 1 N–H and O–H groups in total. The summed E-state index contributed by atoms with van der Waals surface area (Å²) >= 11 is 3.62. The average molecular weight is 321 g/mol. The van der Waals surface area contributed by atoms with E-state index in [1.807, 2.05) is 11.8 Å². The van der Waals surface area contributed by atoms with Crippen LogP contribution >= 0.6 is 23.1 Å². The number of nitrogens with zero attached hydrogens (tertiary/aromatic N) is 1. The lowest BCUT2D eigenvalue weighted by molar-refractivity contribution is 0.552. The van der Waals surface area contributed by atoms with Crippen molar-refractivity contribution in [1.82, 2.24) is 10.3 Å². The van der Waals surface area contributed by atoms with Crippen molar-refractivity contribution in [2.24, 2.45) is 5.92 Å². The number of aryl methyl sites for hydroxylation is 1. The highest BCUT2D eigenvalue weighted by atomic mass is 32.2. The second-order valence-electron chi connectivity index (χ2n) is 5.54. The quantitative estimate of drug-likeness (QED) is 0.711. The molecule has 0 saturated heterocycles. The molecule has 1 heterocycles. The summed E-state index contributed by atoms with van der Waals surface area (Å²) in [6.45, 7) is 8.64. The Kier molecular flexibility index (Phi) is 6.74. The number of nitrogens with one attached hydrogen (secondary N) is 1. The topological polar surface area (TPSA) is 24.9 Å². The van der Waals surface area contributed by atoms with Crippen molar-refractivity contribution in [1.29, 1.82) is 0 Å². The third-order valence-corrected chi connectivity index (χ3v) is 5.18. The normalized spacial score (nSPS) is 11.2. The lowest BCUT2D eigenvalue weighted by Crippen LogP contribution is -2.18. The molecule has 0 spiro atoms. The molecule has 2 nitrogen and oxygen atoms in total. The number of thiazole rings is 1. The molecule has 2 rings (SSSR count). The number of aromatic nitrogens is 1. The number of hydrogen-bond acceptors (Lipinski definition) is 4. The van der Waals surface area contributed by atoms with E-state index in [4.69, 9.17) is 0 Å². The minimum Gasteiger partial charge on any atom is -0.312 e. The molecule has 0 radical (unpaired) electrons. The van der Waals surface area contributed by atoms with Crippen LogP contribution < -0.4 is 5.32 Å². The highest BCUT2D eigenvalue weighted by Gasteiger charge is 2.02. The Labute approximate surface area is 136 Å². The molecule has 1 aromatic carbocycles. The Morgan fingerprint density at radius 3 is 2.62 bits per heavy atom. The van der Waals surface area contributed by atoms with Crippen LogP contribution in [-0.4, -0.2) is 11.5 Å². The van der Waals surface area contributed by atoms with Crippen molar-refractivity contribution < 1.29 is 0 Å². The number of hydrogen-bond donors (Lipinski definition) is 1. The van der Waals surface area contributed by atoms with Gasteiger partial charge >= 0.3 is 0 Å². The molecule has 0 aliphatic heterocycles. The zero-order valence-electron chi connectivity index (χ0n) is 13.1. The van der Waals surface area contributed by atoms with E-state index in [1.165, 1.54) is 21.2 Å². The number of benzene rings is 1. The Hall–Kier alpha value is -0.840. The predicted octanol–water partition coefficient (Wildman–Crippen LogP) is 4.74. The second-order valence-corrected chi connectivity index (χ2v) is 7.53. The van der Waals surface area contributed by atoms with Gasteiger partial charge in [0.1, 0.15) is 0 Å². The molecule has 0 saturated carbocycles. The van der Waals surface area contributed by atoms with Gasteiger partial charge in [-0.25, -0.2) is 4.98 Å². The summed E-state index contributed by atoms with van der Waals surface area (Å²) in [5.74, 6) is 1.66. The first-order valence-electron chi connectivity index (χ1n) is 7.53. The largest absolute Gasteiger partial charge is 0.312 e. The zero-order chi connectivity index (χ0) is 15.1. The molecule has 114 valence electrons. The summed E-state index contributed by atoms with van der Waals surface area (Å²) in [6, 6.07) is 8.86. The van der Waals surface area contributed by atoms with E-state index in [1.54, 1.807) is 11.3 Å². The maximum absolute atomic E-state index is 4.61. The Bertz CT molecular complexity index is 532. The summed E-state index contributed by atoms with van der Waals surface area (Å²) < 4.78 is 0. The molecule has 21 heavy (non-hydrogen) atoms. The van der Waals surface area contributed by atoms with Crippen LogP contribution in [0, 0.1) is 5.92 Å². The van der Waals surface area contributed by atoms with Gasteiger partial charge in [0, 0.05) is 22.6 Å². The van der Waals surface area contributed by atoms with E-state index in [0.717, 1.165) is 25.3 Å². The Morgan fingerprint density at radius 1 is 1.24 bits per heavy atom. The molecule has 0 aliphatic rings. The highest BCUT2D eigenvalue weighted by Crippen LogP contribution is 2.24. The lowest BCUT2D eigenvalue weighted by atomic mass is 10.2. The molecule has 0 atom stereocenters. The predicted molar refractivity (Wildman–Crippen MR) is 94.0 cm³/mol. The van der Waals surface area contributed by atoms with Crippen molar-refractivity contribution in [3.63, 3.8) is 0 Å². The van der Waals surface area contributed by atoms with Crippen LogP contribution in [0.5, 0.6) is 0 Å². The van der Waals surface area contributed by atoms with Gasteiger partial charge in [0.25, 0.3) is 0 Å². The minimum absolute atomic E-state index is 0.700. The SMILES string of the molecule is CCc1nc(CSc2ccc(CNCC(C)C)cc2)cs1. The summed E-state index contributed by atoms with van der Waals surface area (Å²) in [7, 11) is 0. The fourth-order valence-electron chi connectivity index (χ4n) is 1.94. The molecular formula is C17H24N2S2. The number of thioether (sulfide) groups is 1. The molecule has 0 aliphatic carbocycles. The van der Waals surface area contributed by atoms with Crippen molar-refractivity contribution in [3.8, 4) is 0 Å². The van der Waals surface area contributed by atoms with Gasteiger partial charge in [0.15, 0.2) is 0 Å². The Balaban J connectivity index is 1.79. The lowest BCUT2D eigenvalue weighted by Gasteiger charge is -2.08. The molecule has 0 amide bonds. The number of rotatable bonds is 8. The van der Waals surface area contributed by atoms with E-state index in [0.29, 0.717) is 5.92 Å². The van der Waals surface area contributed by atoms with E-state index in [2.05, 4.69) is 60.7 Å². The molecule has 4 heteroatoms. The second kappa shape index (κ2) is 8.57. The van der Waals surface area contributed by atoms with Gasteiger partial charge in [0.05, 0.1) is 10.7 Å². The summed E-state index contributed by atoms with van der Waals surface area (Å²) in [5, 5.41) is 6.88. The van der Waals surface area contributed by atoms with Crippen LogP contribution in [-0.2, 0) is 18.7 Å². The standard InChI is InChI=1S/C17H24N2S2/c1-4-17-19-15(12-21-17)11-20-16-7-5-14(6-8-16)10-18-9-13(2)3/h5-8,12-13,18H,4,9-11H2,1-3H3. The van der Waals surface area contributed by atoms with Crippen molar-refractivity contribution in [3.05, 3.63) is 45.9 Å². The maximum atomic E-state index is 4.61. The van der Waals surface area contributed by atoms with E-state index in [-0.39, 0.29) is 0 Å². The highest BCUT2D eigenvalue weighted by molar-refractivity contribution is 7.98. The molecule has 0 unspecified atom stereocenters. The fraction of sp³-hybridized carbons (Fsp3) is 0.471. The zero-order valence-corrected chi connectivity index (χ0v) is 14.7. The average Bonchev–Trinajstić information content (AvgIpc) is 2.94. The van der Waals surface area contributed by atoms with Crippen LogP contribution in [0.25, 0.3) is 0 Å². The van der Waals surface area contributed by atoms with Gasteiger partial charge in [-0.1, -0.05) is 32.9 Å². The van der Waals surface area contributed by atoms with Crippen LogP contribution in [0.15, 0.2) is 34.5 Å². The van der Waals surface area contributed by atoms with Gasteiger partial charge in [0.2, 0.25) is 0 Å². The first-order chi connectivity index (χ1) is 10.2. The fourth-order valence-corrected chi connectivity index (χ4v) is 3.58. The summed E-state index contributed by atoms with van der Waals surface area (Å²) in [4.78, 5) is 5.92. The van der Waals surface area contributed by atoms with Gasteiger partial charge < -0.3 is 5.32 Å². The van der Waals surface area contributed by atoms with Crippen molar-refractivity contribution in [2.75, 3.05) is 6.54 Å². The maximum Gasteiger partial charge on any atom is 0.0925 e. The monoisotopic (exact) mass is 320 g/mol. The first-order valence-corrected chi connectivity index (χ1v) is 9.39. The van der Waals surface area contributed by atoms with Crippen LogP contribution in [0.4, 0.5) is 0 Å². The molecule has 2 aromatic rings. The Morgan fingerprint density at radius 2 is 2.00 bits per heavy atom. The third-order valence-electron chi connectivity index (χ3n) is 3.09. The van der Waals surface area contributed by atoms with Crippen molar-refractivity contribution >= 4 is 23.1 Å². The first kappa shape index (κ1) is 16.5. The van der Waals surface area contributed by atoms with E-state index >= 15 is 0 Å². The molecule has 0 bridgehead atoms. The van der Waals surface area contributed by atoms with Gasteiger partial charge in [-0.05, 0) is 36.6 Å². The van der Waals surface area contributed by atoms with Gasteiger partial charge in [-0.3, -0.25) is 0 Å². The van der Waals surface area contributed by atoms with Crippen molar-refractivity contribution in [2.45, 2.75) is 44.4 Å². The molecule has 0 fully saturated rings. The minimum atomic E-state index is 0.700. The van der Waals surface area contributed by atoms with E-state index in [9.17, 15) is 0 Å². The van der Waals surface area contributed by atoms with Crippen LogP contribution in [0.2, 0.25) is 0 Å².